The monoisotopic (exact) mass is 456 g/mol. The van der Waals surface area contributed by atoms with Crippen molar-refractivity contribution in [2.45, 2.75) is 51.2 Å². The van der Waals surface area contributed by atoms with Crippen molar-refractivity contribution in [2.75, 3.05) is 18.2 Å². The number of rotatable bonds is 8. The van der Waals surface area contributed by atoms with Crippen LogP contribution in [0.4, 0.5) is 5.69 Å². The fourth-order valence-electron chi connectivity index (χ4n) is 3.95. The number of carbonyl (C=O) groups is 1. The van der Waals surface area contributed by atoms with Crippen LogP contribution in [0.5, 0.6) is 5.75 Å². The van der Waals surface area contributed by atoms with Crippen molar-refractivity contribution in [1.29, 1.82) is 0 Å². The van der Waals surface area contributed by atoms with Crippen molar-refractivity contribution in [3.8, 4) is 17.1 Å². The van der Waals surface area contributed by atoms with Crippen LogP contribution in [-0.4, -0.2) is 33.5 Å². The van der Waals surface area contributed by atoms with Gasteiger partial charge in [-0.15, -0.1) is 21.5 Å². The average Bonchev–Trinajstić information content (AvgIpc) is 3.36. The molecule has 0 spiro atoms. The average molecular weight is 457 g/mol. The molecule has 0 aliphatic heterocycles. The van der Waals surface area contributed by atoms with Crippen molar-refractivity contribution in [3.05, 3.63) is 40.1 Å². The largest absolute Gasteiger partial charge is 0.495 e. The summed E-state index contributed by atoms with van der Waals surface area (Å²) < 4.78 is 7.48. The zero-order valence-corrected chi connectivity index (χ0v) is 19.8. The number of carbonyl (C=O) groups excluding carboxylic acids is 1. The highest BCUT2D eigenvalue weighted by atomic mass is 32.2. The zero-order chi connectivity index (χ0) is 21.8. The van der Waals surface area contributed by atoms with Crippen LogP contribution in [-0.2, 0) is 24.2 Å². The first-order valence-electron chi connectivity index (χ1n) is 10.7. The molecular formula is C23H28N4O2S2. The Morgan fingerprint density at radius 2 is 2.19 bits per heavy atom. The van der Waals surface area contributed by atoms with Gasteiger partial charge in [-0.3, -0.25) is 4.79 Å². The van der Waals surface area contributed by atoms with Crippen LogP contribution in [0.15, 0.2) is 34.8 Å². The molecule has 1 N–H and O–H groups in total. The maximum absolute atomic E-state index is 12.5. The SMILES string of the molecule is CCCn1c(SCC(=O)Nc2ccccc2OC)nnc1-c1csc2c1CCC(C)C2. The summed E-state index contributed by atoms with van der Waals surface area (Å²) in [5.41, 5.74) is 3.34. The zero-order valence-electron chi connectivity index (χ0n) is 18.2. The molecule has 4 rings (SSSR count). The molecule has 0 saturated carbocycles. The first kappa shape index (κ1) is 21.9. The number of hydrogen-bond donors (Lipinski definition) is 1. The molecular weight excluding hydrogens is 428 g/mol. The molecule has 1 amide bonds. The van der Waals surface area contributed by atoms with Gasteiger partial charge in [-0.25, -0.2) is 0 Å². The standard InChI is InChI=1S/C23H28N4O2S2/c1-4-11-27-22(17-13-30-20-12-15(2)9-10-16(17)20)25-26-23(27)31-14-21(28)24-18-7-5-6-8-19(18)29-3/h5-8,13,15H,4,9-12,14H2,1-3H3,(H,24,28). The summed E-state index contributed by atoms with van der Waals surface area (Å²) in [6, 6.07) is 7.41. The summed E-state index contributed by atoms with van der Waals surface area (Å²) >= 11 is 3.27. The lowest BCUT2D eigenvalue weighted by atomic mass is 9.88. The number of fused-ring (bicyclic) bond motifs is 1. The first-order valence-corrected chi connectivity index (χ1v) is 12.6. The van der Waals surface area contributed by atoms with Gasteiger partial charge in [0.2, 0.25) is 5.91 Å². The van der Waals surface area contributed by atoms with Crippen LogP contribution < -0.4 is 10.1 Å². The molecule has 0 bridgehead atoms. The van der Waals surface area contributed by atoms with E-state index in [2.05, 4.69) is 39.3 Å². The van der Waals surface area contributed by atoms with Gasteiger partial charge in [0, 0.05) is 22.4 Å². The summed E-state index contributed by atoms with van der Waals surface area (Å²) in [5.74, 6) is 2.50. The van der Waals surface area contributed by atoms with Gasteiger partial charge in [0.25, 0.3) is 0 Å². The Morgan fingerprint density at radius 1 is 1.35 bits per heavy atom. The van der Waals surface area contributed by atoms with Gasteiger partial charge in [0.15, 0.2) is 11.0 Å². The molecule has 1 aliphatic carbocycles. The summed E-state index contributed by atoms with van der Waals surface area (Å²) in [6.45, 7) is 5.31. The van der Waals surface area contributed by atoms with Crippen LogP contribution in [0.25, 0.3) is 11.4 Å². The lowest BCUT2D eigenvalue weighted by Crippen LogP contribution is -2.15. The second-order valence-electron chi connectivity index (χ2n) is 7.89. The number of amides is 1. The van der Waals surface area contributed by atoms with E-state index in [-0.39, 0.29) is 11.7 Å². The quantitative estimate of drug-likeness (QED) is 0.467. The molecule has 2 heterocycles. The van der Waals surface area contributed by atoms with E-state index >= 15 is 0 Å². The van der Waals surface area contributed by atoms with Crippen molar-refractivity contribution in [3.63, 3.8) is 0 Å². The molecule has 1 atom stereocenters. The van der Waals surface area contributed by atoms with Gasteiger partial charge in [0.05, 0.1) is 18.6 Å². The van der Waals surface area contributed by atoms with Crippen molar-refractivity contribution >= 4 is 34.7 Å². The molecule has 31 heavy (non-hydrogen) atoms. The normalized spacial score (nSPS) is 15.5. The maximum atomic E-state index is 12.5. The Labute approximate surface area is 191 Å². The highest BCUT2D eigenvalue weighted by molar-refractivity contribution is 7.99. The highest BCUT2D eigenvalue weighted by Gasteiger charge is 2.24. The Balaban J connectivity index is 1.50. The van der Waals surface area contributed by atoms with Gasteiger partial charge in [-0.05, 0) is 49.3 Å². The number of thiophene rings is 1. The third-order valence-electron chi connectivity index (χ3n) is 5.52. The first-order chi connectivity index (χ1) is 15.1. The Morgan fingerprint density at radius 3 is 3.00 bits per heavy atom. The third-order valence-corrected chi connectivity index (χ3v) is 7.54. The lowest BCUT2D eigenvalue weighted by Gasteiger charge is -2.19. The molecule has 0 saturated heterocycles. The second kappa shape index (κ2) is 9.87. The smallest absolute Gasteiger partial charge is 0.234 e. The lowest BCUT2D eigenvalue weighted by molar-refractivity contribution is -0.113. The minimum Gasteiger partial charge on any atom is -0.495 e. The Bertz CT molecular complexity index is 1060. The molecule has 1 aliphatic rings. The molecule has 6 nitrogen and oxygen atoms in total. The molecule has 3 aromatic rings. The number of ether oxygens (including phenoxy) is 1. The van der Waals surface area contributed by atoms with Gasteiger partial charge in [0.1, 0.15) is 5.75 Å². The molecule has 0 radical (unpaired) electrons. The van der Waals surface area contributed by atoms with Crippen LogP contribution in [0, 0.1) is 5.92 Å². The third kappa shape index (κ3) is 4.80. The van der Waals surface area contributed by atoms with Gasteiger partial charge >= 0.3 is 0 Å². The van der Waals surface area contributed by atoms with E-state index in [4.69, 9.17) is 4.74 Å². The van der Waals surface area contributed by atoms with E-state index in [1.807, 2.05) is 35.6 Å². The number of nitrogens with zero attached hydrogens (tertiary/aromatic N) is 3. The number of hydrogen-bond acceptors (Lipinski definition) is 6. The molecule has 8 heteroatoms. The molecule has 0 fully saturated rings. The van der Waals surface area contributed by atoms with Gasteiger partial charge < -0.3 is 14.6 Å². The molecule has 2 aromatic heterocycles. The van der Waals surface area contributed by atoms with Crippen molar-refractivity contribution < 1.29 is 9.53 Å². The van der Waals surface area contributed by atoms with Gasteiger partial charge in [-0.2, -0.15) is 0 Å². The minimum atomic E-state index is -0.0935. The summed E-state index contributed by atoms with van der Waals surface area (Å²) in [4.78, 5) is 14.0. The van der Waals surface area contributed by atoms with E-state index in [0.29, 0.717) is 11.4 Å². The van der Waals surface area contributed by atoms with E-state index in [0.717, 1.165) is 42.7 Å². The van der Waals surface area contributed by atoms with Crippen LogP contribution in [0.3, 0.4) is 0 Å². The van der Waals surface area contributed by atoms with Crippen LogP contribution in [0.2, 0.25) is 0 Å². The maximum Gasteiger partial charge on any atom is 0.234 e. The number of benzene rings is 1. The topological polar surface area (TPSA) is 69.0 Å². The highest BCUT2D eigenvalue weighted by Crippen LogP contribution is 2.38. The Kier molecular flexibility index (Phi) is 6.97. The molecule has 1 unspecified atom stereocenters. The summed E-state index contributed by atoms with van der Waals surface area (Å²) in [6.07, 6.45) is 4.48. The number of methoxy groups -OCH3 is 1. The predicted octanol–water partition coefficient (Wildman–Crippen LogP) is 5.28. The molecule has 164 valence electrons. The summed E-state index contributed by atoms with van der Waals surface area (Å²) in [7, 11) is 1.60. The fraction of sp³-hybridized carbons (Fsp3) is 0.435. The molecule has 1 aromatic carbocycles. The van der Waals surface area contributed by atoms with Crippen LogP contribution >= 0.6 is 23.1 Å². The van der Waals surface area contributed by atoms with Crippen LogP contribution in [0.1, 0.15) is 37.1 Å². The summed E-state index contributed by atoms with van der Waals surface area (Å²) in [5, 5.41) is 14.9. The van der Waals surface area contributed by atoms with Gasteiger partial charge in [-0.1, -0.05) is 37.7 Å². The number of anilines is 1. The van der Waals surface area contributed by atoms with E-state index in [1.54, 1.807) is 7.11 Å². The number of nitrogens with one attached hydrogen (secondary N) is 1. The number of thioether (sulfide) groups is 1. The minimum absolute atomic E-state index is 0.0935. The van der Waals surface area contributed by atoms with E-state index in [9.17, 15) is 4.79 Å². The fourth-order valence-corrected chi connectivity index (χ4v) is 5.96. The second-order valence-corrected chi connectivity index (χ2v) is 9.80. The number of aromatic nitrogens is 3. The van der Waals surface area contributed by atoms with Crippen molar-refractivity contribution in [2.24, 2.45) is 5.92 Å². The number of para-hydroxylation sites is 2. The Hall–Kier alpha value is -2.32. The predicted molar refractivity (Wildman–Crippen MR) is 127 cm³/mol. The van der Waals surface area contributed by atoms with Crippen molar-refractivity contribution in [1.82, 2.24) is 14.8 Å². The van der Waals surface area contributed by atoms with E-state index < -0.39 is 0 Å². The van der Waals surface area contributed by atoms with E-state index in [1.165, 1.54) is 34.2 Å².